The largest absolute Gasteiger partial charge is 0.508 e. The molecule has 3 aromatic carbocycles. The molecule has 0 atom stereocenters. The Morgan fingerprint density at radius 2 is 1.57 bits per heavy atom. The topological polar surface area (TPSA) is 178 Å². The van der Waals surface area contributed by atoms with Crippen molar-refractivity contribution in [3.63, 3.8) is 0 Å². The van der Waals surface area contributed by atoms with Crippen molar-refractivity contribution >= 4 is 23.0 Å². The maximum absolute atomic E-state index is 12.1. The molecule has 0 radical (unpaired) electrons. The molecule has 0 fully saturated rings. The molecule has 0 amide bonds. The third-order valence-corrected chi connectivity index (χ3v) is 4.69. The number of hydrogen-bond donors (Lipinski definition) is 6. The van der Waals surface area contributed by atoms with E-state index in [9.17, 15) is 35.1 Å². The summed E-state index contributed by atoms with van der Waals surface area (Å²) in [5.74, 6) is -2.17. The zero-order chi connectivity index (χ0) is 25.7. The molecule has 0 aliphatic heterocycles. The van der Waals surface area contributed by atoms with E-state index in [1.54, 1.807) is 12.1 Å². The van der Waals surface area contributed by atoms with Gasteiger partial charge in [-0.3, -0.25) is 4.79 Å². The number of methoxy groups -OCH3 is 1. The van der Waals surface area contributed by atoms with Crippen molar-refractivity contribution in [1.82, 2.24) is 0 Å². The number of carboxylic acids is 1. The lowest BCUT2D eigenvalue weighted by Gasteiger charge is -2.07. The highest BCUT2D eigenvalue weighted by atomic mass is 16.5. The Bertz CT molecular complexity index is 1470. The molecular formula is C25H20O10. The van der Waals surface area contributed by atoms with Gasteiger partial charge < -0.3 is 39.8 Å². The molecule has 10 nitrogen and oxygen atoms in total. The van der Waals surface area contributed by atoms with E-state index in [2.05, 4.69) is 0 Å². The molecule has 0 aliphatic carbocycles. The summed E-state index contributed by atoms with van der Waals surface area (Å²) in [5, 5.41) is 55.8. The molecule has 0 aliphatic rings. The van der Waals surface area contributed by atoms with Crippen molar-refractivity contribution < 1.29 is 44.6 Å². The molecule has 180 valence electrons. The van der Waals surface area contributed by atoms with Crippen LogP contribution in [0.5, 0.6) is 34.5 Å². The molecule has 4 aromatic rings. The fourth-order valence-corrected chi connectivity index (χ4v) is 3.05. The average molecular weight is 480 g/mol. The number of rotatable bonds is 4. The first-order valence-electron chi connectivity index (χ1n) is 9.90. The molecular weight excluding hydrogens is 460 g/mol. The van der Waals surface area contributed by atoms with Gasteiger partial charge in [-0.2, -0.15) is 0 Å². The first-order valence-corrected chi connectivity index (χ1v) is 9.90. The van der Waals surface area contributed by atoms with Crippen LogP contribution in [-0.4, -0.2) is 43.7 Å². The van der Waals surface area contributed by atoms with Crippen LogP contribution in [0, 0.1) is 0 Å². The van der Waals surface area contributed by atoms with Crippen LogP contribution >= 0.6 is 0 Å². The second-order valence-corrected chi connectivity index (χ2v) is 7.10. The summed E-state index contributed by atoms with van der Waals surface area (Å²) >= 11 is 0. The predicted octanol–water partition coefficient (Wildman–Crippen LogP) is 3.78. The van der Waals surface area contributed by atoms with Crippen molar-refractivity contribution in [2.75, 3.05) is 7.11 Å². The van der Waals surface area contributed by atoms with E-state index in [1.165, 1.54) is 49.6 Å². The minimum absolute atomic E-state index is 0.0247. The molecule has 1 aromatic heterocycles. The number of phenols is 4. The molecule has 0 saturated heterocycles. The van der Waals surface area contributed by atoms with E-state index in [0.717, 1.165) is 12.1 Å². The first-order chi connectivity index (χ1) is 16.6. The smallest absolute Gasteiger partial charge is 0.328 e. The summed E-state index contributed by atoms with van der Waals surface area (Å²) < 4.78 is 10.3. The summed E-state index contributed by atoms with van der Waals surface area (Å²) in [7, 11) is 1.43. The molecule has 35 heavy (non-hydrogen) atoms. The third kappa shape index (κ3) is 5.63. The standard InChI is InChI=1S/C15H10O6.C10H10O4/c16-8-3-1-7(2-4-8)15-14(20)13(19)12-10(18)5-9(17)6-11(12)21-15;1-14-9-6-7(2-4-8(9)11)3-5-10(12)13/h1-6,16-18,20H;2-6,11H,1H3,(H,12,13)/b;5-3+. The minimum atomic E-state index is -1.02. The lowest BCUT2D eigenvalue weighted by Crippen LogP contribution is -2.02. The van der Waals surface area contributed by atoms with Crippen LogP contribution in [0.4, 0.5) is 0 Å². The van der Waals surface area contributed by atoms with Crippen LogP contribution in [0.3, 0.4) is 0 Å². The maximum Gasteiger partial charge on any atom is 0.328 e. The van der Waals surface area contributed by atoms with Crippen molar-refractivity contribution in [2.24, 2.45) is 0 Å². The van der Waals surface area contributed by atoms with Gasteiger partial charge >= 0.3 is 5.97 Å². The van der Waals surface area contributed by atoms with Gasteiger partial charge in [0.25, 0.3) is 0 Å². The lowest BCUT2D eigenvalue weighted by molar-refractivity contribution is -0.131. The average Bonchev–Trinajstić information content (AvgIpc) is 2.81. The van der Waals surface area contributed by atoms with E-state index in [-0.39, 0.29) is 34.0 Å². The number of benzene rings is 3. The Labute approximate surface area is 197 Å². The van der Waals surface area contributed by atoms with E-state index in [4.69, 9.17) is 14.3 Å². The van der Waals surface area contributed by atoms with Crippen LogP contribution in [0.25, 0.3) is 28.4 Å². The van der Waals surface area contributed by atoms with Crippen molar-refractivity contribution in [3.8, 4) is 45.8 Å². The number of aromatic hydroxyl groups is 5. The van der Waals surface area contributed by atoms with Gasteiger partial charge in [-0.25, -0.2) is 4.79 Å². The molecule has 10 heteroatoms. The summed E-state index contributed by atoms with van der Waals surface area (Å²) in [6, 6.07) is 12.4. The second kappa shape index (κ2) is 10.2. The molecule has 1 heterocycles. The van der Waals surface area contributed by atoms with E-state index >= 15 is 0 Å². The molecule has 0 spiro atoms. The van der Waals surface area contributed by atoms with Gasteiger partial charge in [0, 0.05) is 23.8 Å². The number of carbonyl (C=O) groups is 1. The summed E-state index contributed by atoms with van der Waals surface area (Å²) in [5.41, 5.74) is 0.157. The van der Waals surface area contributed by atoms with Gasteiger partial charge in [0.1, 0.15) is 28.2 Å². The van der Waals surface area contributed by atoms with E-state index in [0.29, 0.717) is 16.9 Å². The van der Waals surface area contributed by atoms with Crippen molar-refractivity contribution in [2.45, 2.75) is 0 Å². The zero-order valence-corrected chi connectivity index (χ0v) is 18.2. The highest BCUT2D eigenvalue weighted by Crippen LogP contribution is 2.35. The molecule has 0 bridgehead atoms. The summed E-state index contributed by atoms with van der Waals surface area (Å²) in [6.45, 7) is 0. The molecule has 6 N–H and O–H groups in total. The maximum atomic E-state index is 12.1. The Kier molecular flexibility index (Phi) is 7.16. The van der Waals surface area contributed by atoms with Gasteiger partial charge in [0.2, 0.25) is 11.2 Å². The number of aliphatic carboxylic acids is 1. The van der Waals surface area contributed by atoms with Gasteiger partial charge in [0.15, 0.2) is 17.3 Å². The Hall–Kier alpha value is -5.12. The van der Waals surface area contributed by atoms with E-state index in [1.807, 2.05) is 0 Å². The van der Waals surface area contributed by atoms with Gasteiger partial charge in [-0.1, -0.05) is 6.07 Å². The summed E-state index contributed by atoms with van der Waals surface area (Å²) in [4.78, 5) is 22.3. The second-order valence-electron chi connectivity index (χ2n) is 7.10. The number of hydrogen-bond acceptors (Lipinski definition) is 9. The highest BCUT2D eigenvalue weighted by molar-refractivity contribution is 5.88. The normalized spacial score (nSPS) is 10.7. The van der Waals surface area contributed by atoms with Crippen LogP contribution in [0.2, 0.25) is 0 Å². The first kappa shape index (κ1) is 24.5. The molecule has 4 rings (SSSR count). The lowest BCUT2D eigenvalue weighted by atomic mass is 10.1. The minimum Gasteiger partial charge on any atom is -0.508 e. The van der Waals surface area contributed by atoms with Gasteiger partial charge in [-0.15, -0.1) is 0 Å². The summed E-state index contributed by atoms with van der Waals surface area (Å²) in [6.07, 6.45) is 2.44. The highest BCUT2D eigenvalue weighted by Gasteiger charge is 2.18. The number of phenolic OH excluding ortho intramolecular Hbond substituents is 4. The van der Waals surface area contributed by atoms with Crippen molar-refractivity contribution in [3.05, 3.63) is 76.5 Å². The predicted molar refractivity (Wildman–Crippen MR) is 126 cm³/mol. The fraction of sp³-hybridized carbons (Fsp3) is 0.0400. The Morgan fingerprint density at radius 1 is 0.886 bits per heavy atom. The van der Waals surface area contributed by atoms with Crippen molar-refractivity contribution in [1.29, 1.82) is 0 Å². The van der Waals surface area contributed by atoms with E-state index < -0.39 is 22.9 Å². The SMILES string of the molecule is COc1cc(/C=C/C(=O)O)ccc1O.O=c1c(O)c(-c2ccc(O)cc2)oc2cc(O)cc(O)c12. The van der Waals surface area contributed by atoms with Gasteiger partial charge in [0.05, 0.1) is 7.11 Å². The Morgan fingerprint density at radius 3 is 2.20 bits per heavy atom. The van der Waals surface area contributed by atoms with Crippen LogP contribution < -0.4 is 10.2 Å². The van der Waals surface area contributed by atoms with Crippen LogP contribution in [0.15, 0.2) is 69.9 Å². The number of fused-ring (bicyclic) bond motifs is 1. The van der Waals surface area contributed by atoms with Gasteiger partial charge in [-0.05, 0) is 48.0 Å². The number of carboxylic acid groups (broad SMARTS) is 1. The van der Waals surface area contributed by atoms with Crippen LogP contribution in [0.1, 0.15) is 5.56 Å². The quantitative estimate of drug-likeness (QED) is 0.235. The third-order valence-electron chi connectivity index (χ3n) is 4.69. The molecule has 0 saturated carbocycles. The molecule has 0 unspecified atom stereocenters. The zero-order valence-electron chi connectivity index (χ0n) is 18.2. The van der Waals surface area contributed by atoms with Crippen LogP contribution in [-0.2, 0) is 4.79 Å². The monoisotopic (exact) mass is 480 g/mol. The number of ether oxygens (including phenoxy) is 1. The Balaban J connectivity index is 0.000000214. The fourth-order valence-electron chi connectivity index (χ4n) is 3.05.